The minimum Gasteiger partial charge on any atom is -0.339 e. The van der Waals surface area contributed by atoms with E-state index in [-0.39, 0.29) is 11.8 Å². The highest BCUT2D eigenvalue weighted by Crippen LogP contribution is 2.30. The number of hydrogen-bond acceptors (Lipinski definition) is 6. The molecule has 126 valence electrons. The number of imide groups is 1. The third-order valence-corrected chi connectivity index (χ3v) is 4.73. The van der Waals surface area contributed by atoms with Gasteiger partial charge in [-0.2, -0.15) is 4.98 Å². The van der Waals surface area contributed by atoms with Gasteiger partial charge < -0.3 is 9.84 Å². The van der Waals surface area contributed by atoms with Gasteiger partial charge in [0, 0.05) is 18.9 Å². The molecule has 2 fully saturated rings. The van der Waals surface area contributed by atoms with E-state index in [2.05, 4.69) is 32.6 Å². The fraction of sp³-hybridized carbons (Fsp3) is 0.733. The Kier molecular flexibility index (Phi) is 4.34. The number of urea groups is 1. The number of nitrogens with zero attached hydrogens (tertiary/aromatic N) is 3. The van der Waals surface area contributed by atoms with Crippen LogP contribution in [-0.4, -0.2) is 45.6 Å². The molecule has 0 aliphatic carbocycles. The van der Waals surface area contributed by atoms with Gasteiger partial charge in [0.1, 0.15) is 5.54 Å². The first-order valence-electron chi connectivity index (χ1n) is 8.18. The predicted molar refractivity (Wildman–Crippen MR) is 81.4 cm³/mol. The van der Waals surface area contributed by atoms with Gasteiger partial charge >= 0.3 is 6.03 Å². The Hall–Kier alpha value is -1.96. The van der Waals surface area contributed by atoms with E-state index in [1.807, 2.05) is 0 Å². The van der Waals surface area contributed by atoms with E-state index in [1.54, 1.807) is 6.92 Å². The number of aromatic nitrogens is 2. The molecule has 8 heteroatoms. The number of aryl methyl sites for hydroxylation is 1. The van der Waals surface area contributed by atoms with Crippen LogP contribution in [-0.2, 0) is 17.8 Å². The largest absolute Gasteiger partial charge is 0.339 e. The summed E-state index contributed by atoms with van der Waals surface area (Å²) in [6, 6.07) is -0.406. The fourth-order valence-corrected chi connectivity index (χ4v) is 3.38. The van der Waals surface area contributed by atoms with E-state index in [0.717, 1.165) is 38.8 Å². The summed E-state index contributed by atoms with van der Waals surface area (Å²) in [5.41, 5.74) is -0.833. The van der Waals surface area contributed by atoms with Crippen LogP contribution in [0.3, 0.4) is 0 Å². The summed E-state index contributed by atoms with van der Waals surface area (Å²) in [4.78, 5) is 30.2. The molecular formula is C15H23N5O3. The molecule has 3 rings (SSSR count). The minimum absolute atomic E-state index is 0.0738. The molecule has 23 heavy (non-hydrogen) atoms. The van der Waals surface area contributed by atoms with Crippen molar-refractivity contribution < 1.29 is 14.1 Å². The third kappa shape index (κ3) is 3.21. The van der Waals surface area contributed by atoms with Crippen molar-refractivity contribution in [1.29, 1.82) is 0 Å². The Balaban J connectivity index is 1.64. The maximum Gasteiger partial charge on any atom is 0.322 e. The summed E-state index contributed by atoms with van der Waals surface area (Å²) in [7, 11) is 0. The van der Waals surface area contributed by atoms with Gasteiger partial charge in [0.2, 0.25) is 5.89 Å². The molecule has 0 bridgehead atoms. The average Bonchev–Trinajstić information content (AvgIpc) is 3.05. The van der Waals surface area contributed by atoms with Gasteiger partial charge in [-0.05, 0) is 32.7 Å². The molecule has 2 N–H and O–H groups in total. The Morgan fingerprint density at radius 2 is 2.26 bits per heavy atom. The van der Waals surface area contributed by atoms with Crippen LogP contribution in [0.4, 0.5) is 4.79 Å². The second-order valence-electron chi connectivity index (χ2n) is 6.54. The average molecular weight is 321 g/mol. The fourth-order valence-electron chi connectivity index (χ4n) is 3.38. The van der Waals surface area contributed by atoms with Crippen molar-refractivity contribution in [3.8, 4) is 0 Å². The molecule has 0 radical (unpaired) electrons. The molecule has 8 nitrogen and oxygen atoms in total. The van der Waals surface area contributed by atoms with Gasteiger partial charge in [0.25, 0.3) is 5.91 Å². The second kappa shape index (κ2) is 6.27. The highest BCUT2D eigenvalue weighted by Gasteiger charge is 2.48. The molecule has 3 heterocycles. The lowest BCUT2D eigenvalue weighted by molar-refractivity contribution is -0.126. The molecule has 2 unspecified atom stereocenters. The summed E-state index contributed by atoms with van der Waals surface area (Å²) in [6.07, 6.45) is 3.65. The molecule has 2 saturated heterocycles. The molecule has 0 saturated carbocycles. The van der Waals surface area contributed by atoms with E-state index in [9.17, 15) is 9.59 Å². The third-order valence-electron chi connectivity index (χ3n) is 4.73. The first-order valence-corrected chi connectivity index (χ1v) is 8.18. The molecule has 1 aromatic heterocycles. The number of likely N-dealkylation sites (tertiary alicyclic amines) is 1. The highest BCUT2D eigenvalue weighted by atomic mass is 16.5. The van der Waals surface area contributed by atoms with Gasteiger partial charge in [0.15, 0.2) is 5.82 Å². The van der Waals surface area contributed by atoms with E-state index in [1.165, 1.54) is 0 Å². The van der Waals surface area contributed by atoms with Crippen molar-refractivity contribution in [2.45, 2.75) is 51.6 Å². The van der Waals surface area contributed by atoms with E-state index >= 15 is 0 Å². The van der Waals surface area contributed by atoms with Gasteiger partial charge in [0.05, 0.1) is 6.54 Å². The maximum atomic E-state index is 12.1. The van der Waals surface area contributed by atoms with Crippen LogP contribution in [0.5, 0.6) is 0 Å². The van der Waals surface area contributed by atoms with Crippen LogP contribution in [0.1, 0.15) is 44.8 Å². The SMILES string of the molecule is CCCc1nc(CN2CCCC(C3(C)NC(=O)NC3=O)C2)no1. The quantitative estimate of drug-likeness (QED) is 0.779. The Bertz CT molecular complexity index is 602. The summed E-state index contributed by atoms with van der Waals surface area (Å²) in [6.45, 7) is 6.13. The molecule has 2 atom stereocenters. The summed E-state index contributed by atoms with van der Waals surface area (Å²) < 4.78 is 5.22. The van der Waals surface area contributed by atoms with Gasteiger partial charge in [-0.15, -0.1) is 0 Å². The smallest absolute Gasteiger partial charge is 0.322 e. The lowest BCUT2D eigenvalue weighted by atomic mass is 9.80. The Morgan fingerprint density at radius 3 is 2.96 bits per heavy atom. The molecule has 0 spiro atoms. The number of rotatable bonds is 5. The zero-order valence-electron chi connectivity index (χ0n) is 13.6. The molecule has 2 aliphatic heterocycles. The molecule has 1 aromatic rings. The first kappa shape index (κ1) is 15.9. The second-order valence-corrected chi connectivity index (χ2v) is 6.54. The highest BCUT2D eigenvalue weighted by molar-refractivity contribution is 6.06. The van der Waals surface area contributed by atoms with E-state index in [0.29, 0.717) is 18.3 Å². The molecule has 3 amide bonds. The van der Waals surface area contributed by atoms with Crippen LogP contribution >= 0.6 is 0 Å². The monoisotopic (exact) mass is 321 g/mol. The zero-order valence-corrected chi connectivity index (χ0v) is 13.6. The summed E-state index contributed by atoms with van der Waals surface area (Å²) >= 11 is 0. The van der Waals surface area contributed by atoms with Crippen molar-refractivity contribution in [2.75, 3.05) is 13.1 Å². The Morgan fingerprint density at radius 1 is 1.43 bits per heavy atom. The van der Waals surface area contributed by atoms with Crippen molar-refractivity contribution >= 4 is 11.9 Å². The zero-order chi connectivity index (χ0) is 16.4. The molecule has 2 aliphatic rings. The Labute approximate surface area is 135 Å². The van der Waals surface area contributed by atoms with Gasteiger partial charge in [-0.25, -0.2) is 4.79 Å². The van der Waals surface area contributed by atoms with Gasteiger partial charge in [-0.3, -0.25) is 15.0 Å². The van der Waals surface area contributed by atoms with Crippen molar-refractivity contribution in [2.24, 2.45) is 5.92 Å². The van der Waals surface area contributed by atoms with Crippen LogP contribution in [0.15, 0.2) is 4.52 Å². The lowest BCUT2D eigenvalue weighted by Gasteiger charge is -2.39. The number of nitrogens with one attached hydrogen (secondary N) is 2. The van der Waals surface area contributed by atoms with Crippen molar-refractivity contribution in [3.05, 3.63) is 11.7 Å². The topological polar surface area (TPSA) is 100 Å². The standard InChI is InChI=1S/C15H23N5O3/c1-3-5-12-16-11(19-23-12)9-20-7-4-6-10(8-20)15(2)13(21)17-14(22)18-15/h10H,3-9H2,1-2H3,(H2,17,18,21,22). The lowest BCUT2D eigenvalue weighted by Crippen LogP contribution is -2.55. The number of piperidine rings is 1. The van der Waals surface area contributed by atoms with Crippen LogP contribution in [0.2, 0.25) is 0 Å². The van der Waals surface area contributed by atoms with E-state index < -0.39 is 11.6 Å². The van der Waals surface area contributed by atoms with Crippen LogP contribution in [0.25, 0.3) is 0 Å². The predicted octanol–water partition coefficient (Wildman–Crippen LogP) is 0.832. The summed E-state index contributed by atoms with van der Waals surface area (Å²) in [5, 5.41) is 9.14. The van der Waals surface area contributed by atoms with Crippen molar-refractivity contribution in [1.82, 2.24) is 25.7 Å². The van der Waals surface area contributed by atoms with Crippen LogP contribution < -0.4 is 10.6 Å². The van der Waals surface area contributed by atoms with Gasteiger partial charge in [-0.1, -0.05) is 12.1 Å². The van der Waals surface area contributed by atoms with Crippen LogP contribution in [0, 0.1) is 5.92 Å². The minimum atomic E-state index is -0.833. The number of carbonyl (C=O) groups is 2. The van der Waals surface area contributed by atoms with E-state index in [4.69, 9.17) is 4.52 Å². The molecule has 0 aromatic carbocycles. The van der Waals surface area contributed by atoms with Crippen molar-refractivity contribution in [3.63, 3.8) is 0 Å². The summed E-state index contributed by atoms with van der Waals surface area (Å²) in [5.74, 6) is 1.19. The normalized spacial score (nSPS) is 28.7. The number of hydrogen-bond donors (Lipinski definition) is 2. The number of amides is 3. The first-order chi connectivity index (χ1) is 11.0. The maximum absolute atomic E-state index is 12.1. The molecular weight excluding hydrogens is 298 g/mol. The number of carbonyl (C=O) groups excluding carboxylic acids is 2.